The first-order valence-electron chi connectivity index (χ1n) is 6.37. The fraction of sp³-hybridized carbons (Fsp3) is 0.462. The van der Waals surface area contributed by atoms with Crippen LogP contribution in [0.5, 0.6) is 0 Å². The second-order valence-electron chi connectivity index (χ2n) is 4.50. The van der Waals surface area contributed by atoms with Gasteiger partial charge in [-0.2, -0.15) is 0 Å². The number of rotatable bonds is 6. The van der Waals surface area contributed by atoms with Gasteiger partial charge >= 0.3 is 5.97 Å². The van der Waals surface area contributed by atoms with Crippen molar-refractivity contribution in [3.63, 3.8) is 0 Å². The number of benzene rings is 1. The predicted molar refractivity (Wildman–Crippen MR) is 81.7 cm³/mol. The third kappa shape index (κ3) is 4.33. The molecule has 0 aliphatic rings. The molecule has 2 N–H and O–H groups in total. The number of esters is 1. The van der Waals surface area contributed by atoms with Crippen molar-refractivity contribution in [2.75, 3.05) is 25.9 Å². The molecule has 1 aromatic rings. The first-order valence-corrected chi connectivity index (χ1v) is 8.19. The van der Waals surface area contributed by atoms with Crippen molar-refractivity contribution in [3.8, 4) is 0 Å². The summed E-state index contributed by atoms with van der Waals surface area (Å²) in [6.45, 7) is 3.68. The van der Waals surface area contributed by atoms with E-state index in [9.17, 15) is 13.2 Å². The van der Waals surface area contributed by atoms with Crippen molar-refractivity contribution in [1.29, 1.82) is 0 Å². The molecule has 118 valence electrons. The normalized spacial score (nSPS) is 11.7. The van der Waals surface area contributed by atoms with Crippen LogP contribution in [0.4, 0.5) is 5.69 Å². The van der Waals surface area contributed by atoms with Crippen LogP contribution in [-0.4, -0.2) is 38.9 Å². The molecule has 0 radical (unpaired) electrons. The lowest BCUT2D eigenvalue weighted by Crippen LogP contribution is -2.29. The minimum atomic E-state index is -3.75. The molecule has 6 nitrogen and oxygen atoms in total. The highest BCUT2D eigenvalue weighted by atomic mass is 35.5. The number of sulfonamides is 1. The Morgan fingerprint density at radius 2 is 2.05 bits per heavy atom. The van der Waals surface area contributed by atoms with Gasteiger partial charge in [0, 0.05) is 24.3 Å². The minimum absolute atomic E-state index is 0.00181. The second kappa shape index (κ2) is 7.11. The standard InChI is InChI=1S/C13H19ClN2O4S/c1-4-20-13(17)5-6-16(3)21(18,19)10-7-11(14)9(2)12(15)8-10/h7-8H,4-6,15H2,1-3H3. The first-order chi connectivity index (χ1) is 9.70. The summed E-state index contributed by atoms with van der Waals surface area (Å²) in [6, 6.07) is 2.71. The second-order valence-corrected chi connectivity index (χ2v) is 6.95. The smallest absolute Gasteiger partial charge is 0.307 e. The molecule has 0 saturated carbocycles. The highest BCUT2D eigenvalue weighted by Gasteiger charge is 2.23. The SMILES string of the molecule is CCOC(=O)CCN(C)S(=O)(=O)c1cc(N)c(C)c(Cl)c1. The molecule has 0 bridgehead atoms. The van der Waals surface area contributed by atoms with E-state index in [2.05, 4.69) is 0 Å². The van der Waals surface area contributed by atoms with E-state index >= 15 is 0 Å². The third-order valence-corrected chi connectivity index (χ3v) is 5.23. The number of ether oxygens (including phenoxy) is 1. The molecule has 0 spiro atoms. The molecule has 21 heavy (non-hydrogen) atoms. The van der Waals surface area contributed by atoms with E-state index in [1.807, 2.05) is 0 Å². The number of halogens is 1. The molecule has 0 aliphatic heterocycles. The van der Waals surface area contributed by atoms with Crippen LogP contribution in [-0.2, 0) is 19.6 Å². The Balaban J connectivity index is 2.92. The van der Waals surface area contributed by atoms with Crippen LogP contribution < -0.4 is 5.73 Å². The van der Waals surface area contributed by atoms with E-state index < -0.39 is 16.0 Å². The number of carbonyl (C=O) groups is 1. The molecule has 8 heteroatoms. The average Bonchev–Trinajstić information content (AvgIpc) is 2.41. The van der Waals surface area contributed by atoms with Gasteiger partial charge < -0.3 is 10.5 Å². The molecule has 0 fully saturated rings. The largest absolute Gasteiger partial charge is 0.466 e. The van der Waals surface area contributed by atoms with Crippen LogP contribution in [0.15, 0.2) is 17.0 Å². The lowest BCUT2D eigenvalue weighted by molar-refractivity contribution is -0.143. The Hall–Kier alpha value is -1.31. The highest BCUT2D eigenvalue weighted by molar-refractivity contribution is 7.89. The predicted octanol–water partition coefficient (Wildman–Crippen LogP) is 1.80. The zero-order valence-corrected chi connectivity index (χ0v) is 13.8. The van der Waals surface area contributed by atoms with Gasteiger partial charge in [-0.15, -0.1) is 0 Å². The number of nitrogen functional groups attached to an aromatic ring is 1. The van der Waals surface area contributed by atoms with Crippen molar-refractivity contribution >= 4 is 33.3 Å². The van der Waals surface area contributed by atoms with Crippen molar-refractivity contribution < 1.29 is 17.9 Å². The number of anilines is 1. The maximum Gasteiger partial charge on any atom is 0.307 e. The van der Waals surface area contributed by atoms with Crippen LogP contribution in [0.1, 0.15) is 18.9 Å². The molecule has 1 rings (SSSR count). The summed E-state index contributed by atoms with van der Waals surface area (Å²) in [5, 5.41) is 0.285. The van der Waals surface area contributed by atoms with Gasteiger partial charge in [-0.25, -0.2) is 12.7 Å². The van der Waals surface area contributed by atoms with Crippen LogP contribution in [0.25, 0.3) is 0 Å². The van der Waals surface area contributed by atoms with Gasteiger partial charge in [0.15, 0.2) is 0 Å². The molecule has 0 aromatic heterocycles. The minimum Gasteiger partial charge on any atom is -0.466 e. The van der Waals surface area contributed by atoms with Gasteiger partial charge in [-0.1, -0.05) is 11.6 Å². The molecule has 0 aliphatic carbocycles. The topological polar surface area (TPSA) is 89.7 Å². The summed E-state index contributed by atoms with van der Waals surface area (Å²) >= 11 is 5.96. The van der Waals surface area contributed by atoms with E-state index in [-0.39, 0.29) is 29.5 Å². The van der Waals surface area contributed by atoms with Gasteiger partial charge in [0.1, 0.15) is 0 Å². The van der Waals surface area contributed by atoms with Crippen molar-refractivity contribution in [1.82, 2.24) is 4.31 Å². The Morgan fingerprint density at radius 1 is 1.43 bits per heavy atom. The summed E-state index contributed by atoms with van der Waals surface area (Å²) in [6.07, 6.45) is -0.0152. The quantitative estimate of drug-likeness (QED) is 0.633. The molecule has 0 heterocycles. The summed E-state index contributed by atoms with van der Waals surface area (Å²) in [5.74, 6) is -0.444. The van der Waals surface area contributed by atoms with Crippen LogP contribution in [0, 0.1) is 6.92 Å². The van der Waals surface area contributed by atoms with Gasteiger partial charge in [-0.3, -0.25) is 4.79 Å². The average molecular weight is 335 g/mol. The van der Waals surface area contributed by atoms with E-state index in [0.29, 0.717) is 11.3 Å². The lowest BCUT2D eigenvalue weighted by atomic mass is 10.2. The monoisotopic (exact) mass is 334 g/mol. The third-order valence-electron chi connectivity index (χ3n) is 3.00. The maximum atomic E-state index is 12.4. The Morgan fingerprint density at radius 3 is 2.57 bits per heavy atom. The maximum absolute atomic E-state index is 12.4. The molecule has 0 unspecified atom stereocenters. The summed E-state index contributed by atoms with van der Waals surface area (Å²) < 4.78 is 30.6. The summed E-state index contributed by atoms with van der Waals surface area (Å²) in [5.41, 5.74) is 6.67. The van der Waals surface area contributed by atoms with Gasteiger partial charge in [0.2, 0.25) is 10.0 Å². The Kier molecular flexibility index (Phi) is 6.00. The number of hydrogen-bond acceptors (Lipinski definition) is 5. The Labute approximate surface area is 129 Å². The molecule has 0 amide bonds. The number of nitrogens with two attached hydrogens (primary N) is 1. The van der Waals surface area contributed by atoms with Crippen LogP contribution in [0.2, 0.25) is 5.02 Å². The van der Waals surface area contributed by atoms with Gasteiger partial charge in [-0.05, 0) is 31.5 Å². The number of nitrogens with zero attached hydrogens (tertiary/aromatic N) is 1. The van der Waals surface area contributed by atoms with Crippen LogP contribution in [0.3, 0.4) is 0 Å². The van der Waals surface area contributed by atoms with Crippen molar-refractivity contribution in [2.45, 2.75) is 25.2 Å². The number of hydrogen-bond donors (Lipinski definition) is 1. The fourth-order valence-corrected chi connectivity index (χ4v) is 3.13. The summed E-state index contributed by atoms with van der Waals surface area (Å²) in [7, 11) is -2.36. The van der Waals surface area contributed by atoms with E-state index in [4.69, 9.17) is 22.1 Å². The van der Waals surface area contributed by atoms with E-state index in [1.165, 1.54) is 19.2 Å². The zero-order chi connectivity index (χ0) is 16.2. The Bertz CT molecular complexity index is 608. The molecular formula is C13H19ClN2O4S. The lowest BCUT2D eigenvalue weighted by Gasteiger charge is -2.17. The number of carbonyl (C=O) groups excluding carboxylic acids is 1. The molecule has 1 aromatic carbocycles. The van der Waals surface area contributed by atoms with Crippen molar-refractivity contribution in [3.05, 3.63) is 22.7 Å². The highest BCUT2D eigenvalue weighted by Crippen LogP contribution is 2.27. The fourth-order valence-electron chi connectivity index (χ4n) is 1.61. The van der Waals surface area contributed by atoms with Gasteiger partial charge in [0.05, 0.1) is 17.9 Å². The molecule has 0 atom stereocenters. The summed E-state index contributed by atoms with van der Waals surface area (Å²) in [4.78, 5) is 11.3. The molecular weight excluding hydrogens is 316 g/mol. The molecule has 0 saturated heterocycles. The van der Waals surface area contributed by atoms with E-state index in [0.717, 1.165) is 4.31 Å². The zero-order valence-electron chi connectivity index (χ0n) is 12.2. The van der Waals surface area contributed by atoms with Crippen LogP contribution >= 0.6 is 11.6 Å². The van der Waals surface area contributed by atoms with Gasteiger partial charge in [0.25, 0.3) is 0 Å². The van der Waals surface area contributed by atoms with Crippen molar-refractivity contribution in [2.24, 2.45) is 0 Å². The first kappa shape index (κ1) is 17.7. The van der Waals surface area contributed by atoms with E-state index in [1.54, 1.807) is 13.8 Å².